The number of hydrogen-bond acceptors (Lipinski definition) is 3. The second-order valence-corrected chi connectivity index (χ2v) is 6.19. The van der Waals surface area contributed by atoms with Gasteiger partial charge in [-0.2, -0.15) is 12.6 Å². The minimum absolute atomic E-state index is 0.344. The highest BCUT2D eigenvalue weighted by Crippen LogP contribution is 2.37. The van der Waals surface area contributed by atoms with Gasteiger partial charge in [-0.25, -0.2) is 0 Å². The van der Waals surface area contributed by atoms with Gasteiger partial charge in [-0.1, -0.05) is 19.3 Å². The summed E-state index contributed by atoms with van der Waals surface area (Å²) in [6.07, 6.45) is 7.23. The fraction of sp³-hybridized carbons (Fsp3) is 1.00. The molecule has 1 saturated carbocycles. The van der Waals surface area contributed by atoms with Gasteiger partial charge in [0.05, 0.1) is 12.7 Å². The number of hydrogen-bond donors (Lipinski definition) is 1. The molecule has 0 atom stereocenters. The molecule has 0 N–H and O–H groups in total. The van der Waals surface area contributed by atoms with Crippen LogP contribution in [0.2, 0.25) is 0 Å². The SMILES string of the molecule is CC(C)OCCN(C)CC1(CS)CCCCC1. The van der Waals surface area contributed by atoms with Crippen LogP contribution in [0.1, 0.15) is 46.0 Å². The lowest BCUT2D eigenvalue weighted by atomic mass is 9.75. The van der Waals surface area contributed by atoms with Gasteiger partial charge in [0.15, 0.2) is 0 Å². The van der Waals surface area contributed by atoms with Gasteiger partial charge in [0.25, 0.3) is 0 Å². The van der Waals surface area contributed by atoms with Crippen LogP contribution in [0.25, 0.3) is 0 Å². The van der Waals surface area contributed by atoms with E-state index < -0.39 is 0 Å². The van der Waals surface area contributed by atoms with Crippen LogP contribution in [0.15, 0.2) is 0 Å². The number of rotatable bonds is 7. The van der Waals surface area contributed by atoms with Crippen LogP contribution in [0.3, 0.4) is 0 Å². The molecule has 1 fully saturated rings. The van der Waals surface area contributed by atoms with E-state index in [0.717, 1.165) is 18.9 Å². The normalized spacial score (nSPS) is 20.1. The van der Waals surface area contributed by atoms with Crippen molar-refractivity contribution in [2.75, 3.05) is 32.5 Å². The first-order valence-corrected chi connectivity index (χ1v) is 7.62. The predicted molar refractivity (Wildman–Crippen MR) is 78.0 cm³/mol. The first-order valence-electron chi connectivity index (χ1n) is 6.99. The summed E-state index contributed by atoms with van der Waals surface area (Å²) in [5.41, 5.74) is 0.466. The molecule has 0 heterocycles. The zero-order valence-electron chi connectivity index (χ0n) is 11.7. The first-order chi connectivity index (χ1) is 8.08. The molecule has 1 rings (SSSR count). The summed E-state index contributed by atoms with van der Waals surface area (Å²) >= 11 is 4.59. The van der Waals surface area contributed by atoms with Crippen LogP contribution in [0.4, 0.5) is 0 Å². The summed E-state index contributed by atoms with van der Waals surface area (Å²) in [5.74, 6) is 1.03. The summed E-state index contributed by atoms with van der Waals surface area (Å²) in [7, 11) is 2.21. The van der Waals surface area contributed by atoms with Crippen molar-refractivity contribution in [2.24, 2.45) is 5.41 Å². The maximum Gasteiger partial charge on any atom is 0.0596 e. The largest absolute Gasteiger partial charge is 0.377 e. The van der Waals surface area contributed by atoms with Gasteiger partial charge in [-0.15, -0.1) is 0 Å². The molecule has 0 saturated heterocycles. The average Bonchev–Trinajstić information content (AvgIpc) is 2.29. The summed E-state index contributed by atoms with van der Waals surface area (Å²) in [5, 5.41) is 0. The third-order valence-electron chi connectivity index (χ3n) is 3.78. The highest BCUT2D eigenvalue weighted by molar-refractivity contribution is 7.80. The van der Waals surface area contributed by atoms with E-state index in [1.807, 2.05) is 0 Å². The zero-order chi connectivity index (χ0) is 12.7. The molecule has 0 unspecified atom stereocenters. The lowest BCUT2D eigenvalue weighted by molar-refractivity contribution is 0.0519. The van der Waals surface area contributed by atoms with E-state index in [1.165, 1.54) is 38.6 Å². The Morgan fingerprint density at radius 3 is 2.41 bits per heavy atom. The molecule has 0 spiro atoms. The van der Waals surface area contributed by atoms with Gasteiger partial charge >= 0.3 is 0 Å². The molecule has 17 heavy (non-hydrogen) atoms. The molecule has 0 amide bonds. The Kier molecular flexibility index (Phi) is 6.90. The van der Waals surface area contributed by atoms with Crippen molar-refractivity contribution >= 4 is 12.6 Å². The molecule has 0 aliphatic heterocycles. The summed E-state index contributed by atoms with van der Waals surface area (Å²) in [4.78, 5) is 2.42. The van der Waals surface area contributed by atoms with Crippen LogP contribution in [0.5, 0.6) is 0 Å². The van der Waals surface area contributed by atoms with E-state index in [-0.39, 0.29) is 0 Å². The lowest BCUT2D eigenvalue weighted by Crippen LogP contribution is -2.40. The molecule has 0 aromatic rings. The summed E-state index contributed by atoms with van der Waals surface area (Å²) in [6.45, 7) is 7.25. The third kappa shape index (κ3) is 5.62. The van der Waals surface area contributed by atoms with Crippen LogP contribution in [-0.4, -0.2) is 43.5 Å². The van der Waals surface area contributed by atoms with Crippen LogP contribution in [0, 0.1) is 5.41 Å². The van der Waals surface area contributed by atoms with Crippen molar-refractivity contribution in [1.82, 2.24) is 4.90 Å². The van der Waals surface area contributed by atoms with Crippen molar-refractivity contribution in [1.29, 1.82) is 0 Å². The number of ether oxygens (including phenoxy) is 1. The fourth-order valence-corrected chi connectivity index (χ4v) is 3.18. The first kappa shape index (κ1) is 15.3. The van der Waals surface area contributed by atoms with E-state index >= 15 is 0 Å². The molecule has 0 aromatic carbocycles. The van der Waals surface area contributed by atoms with Crippen LogP contribution < -0.4 is 0 Å². The minimum atomic E-state index is 0.344. The Labute approximate surface area is 113 Å². The molecule has 0 bridgehead atoms. The van der Waals surface area contributed by atoms with Gasteiger partial charge in [0, 0.05) is 13.1 Å². The Morgan fingerprint density at radius 2 is 1.88 bits per heavy atom. The monoisotopic (exact) mass is 259 g/mol. The Morgan fingerprint density at radius 1 is 1.24 bits per heavy atom. The fourth-order valence-electron chi connectivity index (χ4n) is 2.76. The van der Waals surface area contributed by atoms with Crippen molar-refractivity contribution in [3.63, 3.8) is 0 Å². The van der Waals surface area contributed by atoms with Gasteiger partial charge in [-0.3, -0.25) is 0 Å². The molecular weight excluding hydrogens is 230 g/mol. The summed E-state index contributed by atoms with van der Waals surface area (Å²) < 4.78 is 5.61. The van der Waals surface area contributed by atoms with Crippen molar-refractivity contribution in [3.05, 3.63) is 0 Å². The Balaban J connectivity index is 2.29. The molecule has 0 aromatic heterocycles. The smallest absolute Gasteiger partial charge is 0.0596 e. The van der Waals surface area contributed by atoms with Gasteiger partial charge in [0.2, 0.25) is 0 Å². The average molecular weight is 259 g/mol. The minimum Gasteiger partial charge on any atom is -0.377 e. The standard InChI is InChI=1S/C14H29NOS/c1-13(2)16-10-9-15(3)11-14(12-17)7-5-4-6-8-14/h13,17H,4-12H2,1-3H3. The Hall–Kier alpha value is 0.270. The molecule has 3 heteroatoms. The lowest BCUT2D eigenvalue weighted by Gasteiger charge is -2.39. The topological polar surface area (TPSA) is 12.5 Å². The number of likely N-dealkylation sites (N-methyl/N-ethyl adjacent to an activating group) is 1. The van der Waals surface area contributed by atoms with Gasteiger partial charge in [0.1, 0.15) is 0 Å². The van der Waals surface area contributed by atoms with E-state index in [2.05, 4.69) is 38.4 Å². The molecule has 1 aliphatic carbocycles. The molecule has 0 radical (unpaired) electrons. The maximum absolute atomic E-state index is 5.61. The second-order valence-electron chi connectivity index (χ2n) is 5.88. The van der Waals surface area contributed by atoms with Crippen molar-refractivity contribution < 1.29 is 4.74 Å². The van der Waals surface area contributed by atoms with Crippen molar-refractivity contribution in [3.8, 4) is 0 Å². The molecule has 2 nitrogen and oxygen atoms in total. The van der Waals surface area contributed by atoms with Gasteiger partial charge in [-0.05, 0) is 44.9 Å². The van der Waals surface area contributed by atoms with Crippen LogP contribution in [-0.2, 0) is 4.74 Å². The van der Waals surface area contributed by atoms with Crippen molar-refractivity contribution in [2.45, 2.75) is 52.1 Å². The highest BCUT2D eigenvalue weighted by Gasteiger charge is 2.31. The van der Waals surface area contributed by atoms with E-state index in [1.54, 1.807) is 0 Å². The zero-order valence-corrected chi connectivity index (χ0v) is 12.6. The van der Waals surface area contributed by atoms with Gasteiger partial charge < -0.3 is 9.64 Å². The highest BCUT2D eigenvalue weighted by atomic mass is 32.1. The number of nitrogens with zero attached hydrogens (tertiary/aromatic N) is 1. The third-order valence-corrected chi connectivity index (χ3v) is 4.45. The summed E-state index contributed by atoms with van der Waals surface area (Å²) in [6, 6.07) is 0. The quantitative estimate of drug-likeness (QED) is 0.705. The van der Waals surface area contributed by atoms with E-state index in [0.29, 0.717) is 11.5 Å². The molecule has 102 valence electrons. The second kappa shape index (κ2) is 7.65. The maximum atomic E-state index is 5.61. The number of thiol groups is 1. The predicted octanol–water partition coefficient (Wildman–Crippen LogP) is 3.22. The Bertz CT molecular complexity index is 202. The van der Waals surface area contributed by atoms with E-state index in [9.17, 15) is 0 Å². The van der Waals surface area contributed by atoms with E-state index in [4.69, 9.17) is 4.74 Å². The molecular formula is C14H29NOS. The van der Waals surface area contributed by atoms with Crippen LogP contribution >= 0.6 is 12.6 Å². The molecule has 1 aliphatic rings.